The summed E-state index contributed by atoms with van der Waals surface area (Å²) < 4.78 is 12.4. The van der Waals surface area contributed by atoms with Crippen LogP contribution in [0.2, 0.25) is 5.02 Å². The van der Waals surface area contributed by atoms with Gasteiger partial charge in [-0.05, 0) is 44.1 Å². The van der Waals surface area contributed by atoms with Crippen LogP contribution in [0.1, 0.15) is 19.8 Å². The van der Waals surface area contributed by atoms with Crippen molar-refractivity contribution in [1.29, 1.82) is 0 Å². The number of nitrogens with zero attached hydrogens (tertiary/aromatic N) is 2. The average Bonchev–Trinajstić information content (AvgIpc) is 2.96. The normalized spacial score (nSPS) is 20.4. The molecule has 1 unspecified atom stereocenters. The second-order valence-electron chi connectivity index (χ2n) is 6.11. The fourth-order valence-electron chi connectivity index (χ4n) is 3.12. The SMILES string of the molecule is CCOC(=O)[C@@H]1CCC[NH+](Cn2nc(-c3ccccc3Cl)oc2=S)C1. The maximum Gasteiger partial charge on any atom is 0.314 e. The average molecular weight is 383 g/mol. The summed E-state index contributed by atoms with van der Waals surface area (Å²) >= 11 is 11.5. The fraction of sp³-hybridized carbons (Fsp3) is 0.471. The Morgan fingerprint density at radius 3 is 3.08 bits per heavy atom. The highest BCUT2D eigenvalue weighted by Gasteiger charge is 2.30. The van der Waals surface area contributed by atoms with Gasteiger partial charge in [0, 0.05) is 0 Å². The zero-order valence-electron chi connectivity index (χ0n) is 14.0. The van der Waals surface area contributed by atoms with Gasteiger partial charge in [0.1, 0.15) is 5.92 Å². The molecule has 1 aromatic carbocycles. The van der Waals surface area contributed by atoms with Crippen LogP contribution >= 0.6 is 23.8 Å². The fourth-order valence-corrected chi connectivity index (χ4v) is 3.52. The number of ether oxygens (including phenoxy) is 1. The summed E-state index contributed by atoms with van der Waals surface area (Å²) in [6, 6.07) is 7.36. The molecule has 6 nitrogen and oxygen atoms in total. The van der Waals surface area contributed by atoms with E-state index in [2.05, 4.69) is 5.10 Å². The van der Waals surface area contributed by atoms with Crippen molar-refractivity contribution >= 4 is 29.8 Å². The Morgan fingerprint density at radius 1 is 1.52 bits per heavy atom. The number of carbonyl (C=O) groups excluding carboxylic acids is 1. The third-order valence-corrected chi connectivity index (χ3v) is 4.95. The highest BCUT2D eigenvalue weighted by molar-refractivity contribution is 7.71. The Bertz CT molecular complexity index is 804. The van der Waals surface area contributed by atoms with Crippen LogP contribution in [0.3, 0.4) is 0 Å². The monoisotopic (exact) mass is 382 g/mol. The number of piperidine rings is 1. The van der Waals surface area contributed by atoms with Crippen LogP contribution in [0.5, 0.6) is 0 Å². The number of hydrogen-bond acceptors (Lipinski definition) is 5. The van der Waals surface area contributed by atoms with Crippen molar-refractivity contribution in [2.24, 2.45) is 5.92 Å². The largest absolute Gasteiger partial charge is 0.466 e. The number of nitrogens with one attached hydrogen (secondary N) is 1. The van der Waals surface area contributed by atoms with Crippen molar-refractivity contribution in [2.45, 2.75) is 26.4 Å². The molecular formula is C17H21ClN3O3S+. The van der Waals surface area contributed by atoms with E-state index in [9.17, 15) is 4.79 Å². The lowest BCUT2D eigenvalue weighted by Crippen LogP contribution is -3.13. The summed E-state index contributed by atoms with van der Waals surface area (Å²) in [5, 5.41) is 5.03. The Kier molecular flexibility index (Phi) is 5.88. The zero-order chi connectivity index (χ0) is 17.8. The molecular weight excluding hydrogens is 362 g/mol. The number of likely N-dealkylation sites (tertiary alicyclic amines) is 1. The van der Waals surface area contributed by atoms with Gasteiger partial charge in [-0.2, -0.15) is 4.68 Å². The predicted octanol–water partition coefficient (Wildman–Crippen LogP) is 2.34. The van der Waals surface area contributed by atoms with Crippen LogP contribution in [0.15, 0.2) is 28.7 Å². The van der Waals surface area contributed by atoms with Crippen LogP contribution in [0.4, 0.5) is 0 Å². The minimum Gasteiger partial charge on any atom is -0.466 e. The summed E-state index contributed by atoms with van der Waals surface area (Å²) in [5.74, 6) is 0.238. The topological polar surface area (TPSA) is 61.7 Å². The van der Waals surface area contributed by atoms with Crippen LogP contribution in [0, 0.1) is 10.8 Å². The first kappa shape index (κ1) is 18.1. The Hall–Kier alpha value is -1.70. The molecule has 0 aliphatic carbocycles. The first-order valence-corrected chi connectivity index (χ1v) is 9.20. The van der Waals surface area contributed by atoms with Gasteiger partial charge in [-0.15, -0.1) is 5.10 Å². The molecule has 1 fully saturated rings. The quantitative estimate of drug-likeness (QED) is 0.635. The molecule has 0 saturated carbocycles. The summed E-state index contributed by atoms with van der Waals surface area (Å²) in [4.78, 5) is 13.5. The zero-order valence-corrected chi connectivity index (χ0v) is 15.6. The van der Waals surface area contributed by atoms with E-state index in [1.54, 1.807) is 10.7 Å². The minimum absolute atomic E-state index is 0.0622. The molecule has 1 saturated heterocycles. The molecule has 2 heterocycles. The second-order valence-corrected chi connectivity index (χ2v) is 6.86. The maximum atomic E-state index is 12.0. The first-order chi connectivity index (χ1) is 12.1. The smallest absolute Gasteiger partial charge is 0.314 e. The van der Waals surface area contributed by atoms with Crippen LogP contribution in [0.25, 0.3) is 11.5 Å². The molecule has 0 radical (unpaired) electrons. The van der Waals surface area contributed by atoms with Gasteiger partial charge in [0.25, 0.3) is 4.84 Å². The molecule has 2 atom stereocenters. The number of benzene rings is 1. The Morgan fingerprint density at radius 2 is 2.32 bits per heavy atom. The molecule has 8 heteroatoms. The molecule has 1 aromatic heterocycles. The van der Waals surface area contributed by atoms with E-state index in [1.165, 1.54) is 4.90 Å². The van der Waals surface area contributed by atoms with E-state index in [0.717, 1.165) is 25.9 Å². The highest BCUT2D eigenvalue weighted by atomic mass is 35.5. The molecule has 1 aliphatic heterocycles. The summed E-state index contributed by atoms with van der Waals surface area (Å²) in [6.07, 6.45) is 1.85. The number of halogens is 1. The van der Waals surface area contributed by atoms with Gasteiger partial charge >= 0.3 is 5.97 Å². The second kappa shape index (κ2) is 8.12. The van der Waals surface area contributed by atoms with E-state index in [0.29, 0.717) is 34.6 Å². The van der Waals surface area contributed by atoms with Crippen molar-refractivity contribution in [2.75, 3.05) is 19.7 Å². The Labute approximate surface area is 156 Å². The van der Waals surface area contributed by atoms with E-state index < -0.39 is 0 Å². The van der Waals surface area contributed by atoms with E-state index >= 15 is 0 Å². The van der Waals surface area contributed by atoms with Crippen LogP contribution in [-0.4, -0.2) is 35.4 Å². The van der Waals surface area contributed by atoms with Crippen molar-refractivity contribution < 1.29 is 18.8 Å². The summed E-state index contributed by atoms with van der Waals surface area (Å²) in [7, 11) is 0. The van der Waals surface area contributed by atoms with Gasteiger partial charge < -0.3 is 14.1 Å². The van der Waals surface area contributed by atoms with Crippen molar-refractivity contribution in [3.05, 3.63) is 34.1 Å². The lowest BCUT2D eigenvalue weighted by Gasteiger charge is -2.28. The molecule has 0 bridgehead atoms. The standard InChI is InChI=1S/C17H20ClN3O3S/c1-2-23-16(22)12-6-5-9-20(10-12)11-21-17(25)24-15(19-21)13-7-3-4-8-14(13)18/h3-4,7-8,12H,2,5-6,9-11H2,1H3/p+1/t12-/m1/s1. The highest BCUT2D eigenvalue weighted by Crippen LogP contribution is 2.26. The van der Waals surface area contributed by atoms with Crippen molar-refractivity contribution in [1.82, 2.24) is 9.78 Å². The summed E-state index contributed by atoms with van der Waals surface area (Å²) in [6.45, 7) is 4.49. The lowest BCUT2D eigenvalue weighted by molar-refractivity contribution is -0.930. The molecule has 25 heavy (non-hydrogen) atoms. The van der Waals surface area contributed by atoms with Crippen molar-refractivity contribution in [3.63, 3.8) is 0 Å². The number of carbonyl (C=O) groups is 1. The molecule has 1 aliphatic rings. The van der Waals surface area contributed by atoms with Crippen LogP contribution < -0.4 is 4.90 Å². The molecule has 1 N–H and O–H groups in total. The minimum atomic E-state index is -0.111. The van der Waals surface area contributed by atoms with Gasteiger partial charge in [0.2, 0.25) is 5.89 Å². The van der Waals surface area contributed by atoms with E-state index in [-0.39, 0.29) is 11.9 Å². The summed E-state index contributed by atoms with van der Waals surface area (Å²) in [5.41, 5.74) is 0.715. The molecule has 3 rings (SSSR count). The first-order valence-electron chi connectivity index (χ1n) is 8.41. The van der Waals surface area contributed by atoms with Crippen molar-refractivity contribution in [3.8, 4) is 11.5 Å². The third kappa shape index (κ3) is 4.29. The van der Waals surface area contributed by atoms with Gasteiger partial charge in [0.05, 0.1) is 30.3 Å². The predicted molar refractivity (Wildman–Crippen MR) is 95.8 cm³/mol. The van der Waals surface area contributed by atoms with Gasteiger partial charge in [-0.1, -0.05) is 23.7 Å². The maximum absolute atomic E-state index is 12.0. The lowest BCUT2D eigenvalue weighted by atomic mass is 9.99. The van der Waals surface area contributed by atoms with Gasteiger partial charge in [-0.25, -0.2) is 0 Å². The number of esters is 1. The van der Waals surface area contributed by atoms with E-state index in [1.807, 2.05) is 25.1 Å². The number of hydrogen-bond donors (Lipinski definition) is 1. The number of aromatic nitrogens is 2. The third-order valence-electron chi connectivity index (χ3n) is 4.32. The number of quaternary nitrogens is 1. The van der Waals surface area contributed by atoms with E-state index in [4.69, 9.17) is 33.0 Å². The molecule has 2 aromatic rings. The molecule has 134 valence electrons. The molecule has 0 amide bonds. The van der Waals surface area contributed by atoms with Gasteiger partial charge in [0.15, 0.2) is 6.67 Å². The molecule has 0 spiro atoms. The van der Waals surface area contributed by atoms with Gasteiger partial charge in [-0.3, -0.25) is 4.79 Å². The number of rotatable bonds is 5. The van der Waals surface area contributed by atoms with Crippen LogP contribution in [-0.2, 0) is 16.2 Å². The Balaban J connectivity index is 1.72.